The van der Waals surface area contributed by atoms with Gasteiger partial charge in [0, 0.05) is 35.4 Å². The van der Waals surface area contributed by atoms with Crippen molar-refractivity contribution < 1.29 is 4.79 Å². The number of hydrogen-bond donors (Lipinski definition) is 1. The van der Waals surface area contributed by atoms with E-state index in [0.29, 0.717) is 18.0 Å². The number of carbonyl (C=O) groups is 1. The van der Waals surface area contributed by atoms with Crippen LogP contribution in [0.5, 0.6) is 0 Å². The number of benzene rings is 2. The Balaban J connectivity index is 1.56. The average molecular weight is 393 g/mol. The van der Waals surface area contributed by atoms with Gasteiger partial charge in [-0.25, -0.2) is 4.52 Å². The molecule has 0 spiro atoms. The Morgan fingerprint density at radius 3 is 2.87 bits per heavy atom. The van der Waals surface area contributed by atoms with Crippen LogP contribution in [0.15, 0.2) is 73.3 Å². The van der Waals surface area contributed by atoms with E-state index in [1.807, 2.05) is 53.4 Å². The van der Waals surface area contributed by atoms with Crippen LogP contribution in [0.25, 0.3) is 16.6 Å². The first kappa shape index (κ1) is 16.6. The zero-order valence-corrected chi connectivity index (χ0v) is 15.7. The van der Waals surface area contributed by atoms with E-state index >= 15 is 0 Å². The summed E-state index contributed by atoms with van der Waals surface area (Å²) in [5.41, 5.74) is 5.06. The van der Waals surface area contributed by atoms with Gasteiger partial charge >= 0.3 is 0 Å². The molecule has 30 heavy (non-hydrogen) atoms. The first-order valence-electron chi connectivity index (χ1n) is 9.49. The van der Waals surface area contributed by atoms with Gasteiger partial charge in [-0.15, -0.1) is 5.10 Å². The SMILES string of the molecule is O=C1Cc2cc(N(c3ccc4cccnc4c3)c3nc4cnccn4n3)ccc2N1. The molecule has 0 fully saturated rings. The fraction of sp³-hybridized carbons (Fsp3) is 0.0455. The number of hydrogen-bond acceptors (Lipinski definition) is 6. The molecule has 6 rings (SSSR count). The second-order valence-corrected chi connectivity index (χ2v) is 7.07. The molecule has 0 bridgehead atoms. The highest BCUT2D eigenvalue weighted by molar-refractivity contribution is 6.00. The Bertz CT molecular complexity index is 1410. The molecule has 144 valence electrons. The molecule has 0 saturated heterocycles. The highest BCUT2D eigenvalue weighted by Gasteiger charge is 2.22. The maximum atomic E-state index is 11.8. The van der Waals surface area contributed by atoms with Crippen LogP contribution in [0.3, 0.4) is 0 Å². The molecule has 3 aromatic heterocycles. The van der Waals surface area contributed by atoms with Gasteiger partial charge < -0.3 is 5.32 Å². The van der Waals surface area contributed by atoms with Crippen molar-refractivity contribution >= 4 is 45.5 Å². The molecule has 2 aromatic carbocycles. The molecule has 0 unspecified atom stereocenters. The summed E-state index contributed by atoms with van der Waals surface area (Å²) in [5.74, 6) is 0.510. The van der Waals surface area contributed by atoms with Crippen molar-refractivity contribution in [1.82, 2.24) is 24.6 Å². The maximum absolute atomic E-state index is 11.8. The minimum atomic E-state index is 0.000495. The van der Waals surface area contributed by atoms with Gasteiger partial charge in [-0.3, -0.25) is 19.7 Å². The lowest BCUT2D eigenvalue weighted by atomic mass is 10.1. The van der Waals surface area contributed by atoms with Crippen LogP contribution in [0.1, 0.15) is 5.56 Å². The topological polar surface area (TPSA) is 88.3 Å². The molecular weight excluding hydrogens is 378 g/mol. The normalized spacial score (nSPS) is 12.9. The molecule has 1 amide bonds. The number of carbonyl (C=O) groups excluding carboxylic acids is 1. The van der Waals surface area contributed by atoms with Gasteiger partial charge in [-0.1, -0.05) is 12.1 Å². The molecular formula is C22H15N7O. The van der Waals surface area contributed by atoms with Crippen molar-refractivity contribution in [2.75, 3.05) is 10.2 Å². The van der Waals surface area contributed by atoms with Gasteiger partial charge in [0.2, 0.25) is 5.91 Å². The van der Waals surface area contributed by atoms with E-state index in [4.69, 9.17) is 0 Å². The van der Waals surface area contributed by atoms with Crippen LogP contribution >= 0.6 is 0 Å². The van der Waals surface area contributed by atoms with Crippen LogP contribution in [0, 0.1) is 0 Å². The summed E-state index contributed by atoms with van der Waals surface area (Å²) in [6, 6.07) is 15.9. The minimum Gasteiger partial charge on any atom is -0.326 e. The Kier molecular flexibility index (Phi) is 3.51. The zero-order valence-electron chi connectivity index (χ0n) is 15.7. The van der Waals surface area contributed by atoms with E-state index in [0.717, 1.165) is 33.5 Å². The number of nitrogens with zero attached hydrogens (tertiary/aromatic N) is 6. The monoisotopic (exact) mass is 393 g/mol. The van der Waals surface area contributed by atoms with Crippen molar-refractivity contribution in [1.29, 1.82) is 0 Å². The van der Waals surface area contributed by atoms with Gasteiger partial charge in [0.25, 0.3) is 5.95 Å². The molecule has 0 aliphatic carbocycles. The number of aromatic nitrogens is 5. The number of rotatable bonds is 3. The van der Waals surface area contributed by atoms with Gasteiger partial charge in [-0.05, 0) is 42.0 Å². The number of anilines is 4. The van der Waals surface area contributed by atoms with Crippen molar-refractivity contribution in [3.63, 3.8) is 0 Å². The number of pyridine rings is 1. The highest BCUT2D eigenvalue weighted by Crippen LogP contribution is 2.37. The maximum Gasteiger partial charge on any atom is 0.254 e. The lowest BCUT2D eigenvalue weighted by Crippen LogP contribution is -2.12. The Hall–Kier alpha value is -4.33. The second kappa shape index (κ2) is 6.35. The summed E-state index contributed by atoms with van der Waals surface area (Å²) in [6.45, 7) is 0. The zero-order chi connectivity index (χ0) is 20.1. The summed E-state index contributed by atoms with van der Waals surface area (Å²) in [5, 5.41) is 8.57. The summed E-state index contributed by atoms with van der Waals surface area (Å²) < 4.78 is 1.69. The third-order valence-corrected chi connectivity index (χ3v) is 5.15. The van der Waals surface area contributed by atoms with Gasteiger partial charge in [-0.2, -0.15) is 4.98 Å². The highest BCUT2D eigenvalue weighted by atomic mass is 16.1. The largest absolute Gasteiger partial charge is 0.326 e. The van der Waals surface area contributed by atoms with Gasteiger partial charge in [0.05, 0.1) is 23.8 Å². The van der Waals surface area contributed by atoms with E-state index < -0.39 is 0 Å². The molecule has 1 N–H and O–H groups in total. The second-order valence-electron chi connectivity index (χ2n) is 7.07. The van der Waals surface area contributed by atoms with Crippen molar-refractivity contribution in [3.8, 4) is 0 Å². The van der Waals surface area contributed by atoms with E-state index in [9.17, 15) is 4.79 Å². The molecule has 0 saturated carbocycles. The number of amides is 1. The van der Waals surface area contributed by atoms with Crippen molar-refractivity contribution in [2.45, 2.75) is 6.42 Å². The molecule has 8 nitrogen and oxygen atoms in total. The molecule has 8 heteroatoms. The van der Waals surface area contributed by atoms with Gasteiger partial charge in [0.15, 0.2) is 5.65 Å². The third-order valence-electron chi connectivity index (χ3n) is 5.15. The van der Waals surface area contributed by atoms with Crippen LogP contribution in [-0.4, -0.2) is 30.5 Å². The van der Waals surface area contributed by atoms with E-state index in [-0.39, 0.29) is 5.91 Å². The summed E-state index contributed by atoms with van der Waals surface area (Å²) in [4.78, 5) is 27.1. The smallest absolute Gasteiger partial charge is 0.254 e. The first-order chi connectivity index (χ1) is 14.7. The fourth-order valence-electron chi connectivity index (χ4n) is 3.76. The van der Waals surface area contributed by atoms with Crippen LogP contribution in [-0.2, 0) is 11.2 Å². The van der Waals surface area contributed by atoms with Crippen LogP contribution < -0.4 is 10.2 Å². The van der Waals surface area contributed by atoms with E-state index in [1.54, 1.807) is 29.3 Å². The molecule has 4 heterocycles. The Morgan fingerprint density at radius 2 is 1.93 bits per heavy atom. The lowest BCUT2D eigenvalue weighted by Gasteiger charge is -2.22. The summed E-state index contributed by atoms with van der Waals surface area (Å²) in [6.07, 6.45) is 7.23. The Labute approximate surface area is 170 Å². The van der Waals surface area contributed by atoms with E-state index in [2.05, 4.69) is 25.4 Å². The fourth-order valence-corrected chi connectivity index (χ4v) is 3.76. The van der Waals surface area contributed by atoms with Crippen LogP contribution in [0.2, 0.25) is 0 Å². The lowest BCUT2D eigenvalue weighted by molar-refractivity contribution is -0.115. The quantitative estimate of drug-likeness (QED) is 0.504. The summed E-state index contributed by atoms with van der Waals surface area (Å²) in [7, 11) is 0. The van der Waals surface area contributed by atoms with Crippen molar-refractivity contribution in [3.05, 3.63) is 78.9 Å². The number of fused-ring (bicyclic) bond motifs is 3. The standard InChI is InChI=1S/C22H15N7O/c30-21-11-15-10-16(5-6-18(15)25-21)29(22-26-20-13-23-8-9-28(20)27-22)17-4-3-14-2-1-7-24-19(14)12-17/h1-10,12-13H,11H2,(H,25,30). The van der Waals surface area contributed by atoms with E-state index in [1.165, 1.54) is 0 Å². The molecule has 0 radical (unpaired) electrons. The van der Waals surface area contributed by atoms with Gasteiger partial charge in [0.1, 0.15) is 0 Å². The summed E-state index contributed by atoms with van der Waals surface area (Å²) >= 11 is 0. The Morgan fingerprint density at radius 1 is 1.03 bits per heavy atom. The molecule has 1 aliphatic rings. The first-order valence-corrected chi connectivity index (χ1v) is 9.49. The predicted octanol–water partition coefficient (Wildman–Crippen LogP) is 3.64. The minimum absolute atomic E-state index is 0.000495. The predicted molar refractivity (Wildman–Crippen MR) is 113 cm³/mol. The molecule has 1 aliphatic heterocycles. The van der Waals surface area contributed by atoms with Crippen LogP contribution in [0.4, 0.5) is 23.0 Å². The molecule has 5 aromatic rings. The van der Waals surface area contributed by atoms with Crippen molar-refractivity contribution in [2.24, 2.45) is 0 Å². The third kappa shape index (κ3) is 2.66. The number of nitrogens with one attached hydrogen (secondary N) is 1. The average Bonchev–Trinajstić information content (AvgIpc) is 3.35. The molecule has 0 atom stereocenters.